The zero-order valence-corrected chi connectivity index (χ0v) is 12.8. The molecule has 0 saturated carbocycles. The predicted octanol–water partition coefficient (Wildman–Crippen LogP) is 2.40. The number of aryl methyl sites for hydroxylation is 1. The zero-order valence-electron chi connectivity index (χ0n) is 12.8. The third kappa shape index (κ3) is 3.69. The van der Waals surface area contributed by atoms with Crippen molar-refractivity contribution in [2.75, 3.05) is 5.32 Å². The Bertz CT molecular complexity index is 728. The van der Waals surface area contributed by atoms with Crippen LogP contribution in [0.3, 0.4) is 0 Å². The molecule has 2 aromatic rings. The fraction of sp³-hybridized carbons (Fsp3) is 0.222. The molecule has 1 heterocycles. The highest BCUT2D eigenvalue weighted by atomic mass is 16.5. The SMILES string of the molecule is Cc1ccc2c(c1)NC(=O)C(CC(=O)NCc1ccccc1)O2. The lowest BCUT2D eigenvalue weighted by molar-refractivity contribution is -0.130. The summed E-state index contributed by atoms with van der Waals surface area (Å²) in [6, 6.07) is 15.2. The van der Waals surface area contributed by atoms with E-state index in [2.05, 4.69) is 10.6 Å². The molecule has 3 rings (SSSR count). The maximum Gasteiger partial charge on any atom is 0.266 e. The first kappa shape index (κ1) is 15.1. The molecule has 1 atom stereocenters. The van der Waals surface area contributed by atoms with Crippen LogP contribution in [0.1, 0.15) is 17.5 Å². The normalized spacial score (nSPS) is 16.0. The molecule has 5 heteroatoms. The summed E-state index contributed by atoms with van der Waals surface area (Å²) in [7, 11) is 0. The van der Waals surface area contributed by atoms with Crippen molar-refractivity contribution in [1.29, 1.82) is 0 Å². The molecule has 0 radical (unpaired) electrons. The molecule has 0 saturated heterocycles. The van der Waals surface area contributed by atoms with Gasteiger partial charge in [-0.3, -0.25) is 9.59 Å². The minimum Gasteiger partial charge on any atom is -0.478 e. The Hall–Kier alpha value is -2.82. The number of amides is 2. The summed E-state index contributed by atoms with van der Waals surface area (Å²) in [6.45, 7) is 2.37. The summed E-state index contributed by atoms with van der Waals surface area (Å²) in [5, 5.41) is 5.59. The van der Waals surface area contributed by atoms with Crippen LogP contribution in [-0.4, -0.2) is 17.9 Å². The molecule has 0 bridgehead atoms. The molecule has 2 N–H and O–H groups in total. The molecule has 118 valence electrons. The average molecular weight is 310 g/mol. The van der Waals surface area contributed by atoms with Crippen molar-refractivity contribution in [3.63, 3.8) is 0 Å². The molecular formula is C18H18N2O3. The number of hydrogen-bond donors (Lipinski definition) is 2. The van der Waals surface area contributed by atoms with Crippen molar-refractivity contribution in [3.05, 3.63) is 59.7 Å². The van der Waals surface area contributed by atoms with Crippen LogP contribution in [0, 0.1) is 6.92 Å². The predicted molar refractivity (Wildman–Crippen MR) is 87.1 cm³/mol. The van der Waals surface area contributed by atoms with E-state index < -0.39 is 6.10 Å². The largest absolute Gasteiger partial charge is 0.478 e. The van der Waals surface area contributed by atoms with Crippen molar-refractivity contribution >= 4 is 17.5 Å². The van der Waals surface area contributed by atoms with Crippen molar-refractivity contribution < 1.29 is 14.3 Å². The summed E-state index contributed by atoms with van der Waals surface area (Å²) < 4.78 is 5.65. The Morgan fingerprint density at radius 3 is 2.78 bits per heavy atom. The molecule has 2 amide bonds. The maximum absolute atomic E-state index is 12.1. The lowest BCUT2D eigenvalue weighted by Gasteiger charge is -2.25. The van der Waals surface area contributed by atoms with Crippen molar-refractivity contribution in [2.24, 2.45) is 0 Å². The standard InChI is InChI=1S/C18H18N2O3/c1-12-7-8-15-14(9-12)20-18(22)16(23-15)10-17(21)19-11-13-5-3-2-4-6-13/h2-9,16H,10-11H2,1H3,(H,19,21)(H,20,22). The summed E-state index contributed by atoms with van der Waals surface area (Å²) in [4.78, 5) is 24.1. The Morgan fingerprint density at radius 1 is 1.22 bits per heavy atom. The summed E-state index contributed by atoms with van der Waals surface area (Å²) in [5.74, 6) is 0.0820. The first-order valence-corrected chi connectivity index (χ1v) is 7.50. The van der Waals surface area contributed by atoms with E-state index in [1.165, 1.54) is 0 Å². The van der Waals surface area contributed by atoms with Crippen LogP contribution >= 0.6 is 0 Å². The van der Waals surface area contributed by atoms with Crippen molar-refractivity contribution in [2.45, 2.75) is 26.0 Å². The molecule has 1 unspecified atom stereocenters. The van der Waals surface area contributed by atoms with E-state index in [-0.39, 0.29) is 18.2 Å². The number of carbonyl (C=O) groups excluding carboxylic acids is 2. The molecule has 0 aromatic heterocycles. The van der Waals surface area contributed by atoms with Gasteiger partial charge in [0.25, 0.3) is 5.91 Å². The summed E-state index contributed by atoms with van der Waals surface area (Å²) in [6.07, 6.45) is -0.813. The van der Waals surface area contributed by atoms with Gasteiger partial charge in [0.2, 0.25) is 5.91 Å². The fourth-order valence-corrected chi connectivity index (χ4v) is 2.44. The van der Waals surface area contributed by atoms with E-state index >= 15 is 0 Å². The minimum atomic E-state index is -0.805. The number of hydrogen-bond acceptors (Lipinski definition) is 3. The number of rotatable bonds is 4. The molecular weight excluding hydrogens is 292 g/mol. The fourth-order valence-electron chi connectivity index (χ4n) is 2.44. The third-order valence-corrected chi connectivity index (χ3v) is 3.66. The van der Waals surface area contributed by atoms with Crippen LogP contribution in [0.5, 0.6) is 5.75 Å². The van der Waals surface area contributed by atoms with E-state index in [0.717, 1.165) is 11.1 Å². The van der Waals surface area contributed by atoms with Gasteiger partial charge in [0, 0.05) is 6.54 Å². The second-order valence-corrected chi connectivity index (χ2v) is 5.56. The summed E-state index contributed by atoms with van der Waals surface area (Å²) >= 11 is 0. The van der Waals surface area contributed by atoms with Gasteiger partial charge in [-0.05, 0) is 30.2 Å². The highest BCUT2D eigenvalue weighted by Gasteiger charge is 2.29. The topological polar surface area (TPSA) is 67.4 Å². The van der Waals surface area contributed by atoms with Crippen LogP contribution in [0.4, 0.5) is 5.69 Å². The Morgan fingerprint density at radius 2 is 2.00 bits per heavy atom. The van der Waals surface area contributed by atoms with E-state index in [1.807, 2.05) is 49.4 Å². The van der Waals surface area contributed by atoms with Crippen molar-refractivity contribution in [1.82, 2.24) is 5.32 Å². The number of ether oxygens (including phenoxy) is 1. The van der Waals surface area contributed by atoms with Crippen LogP contribution < -0.4 is 15.4 Å². The first-order valence-electron chi connectivity index (χ1n) is 7.50. The first-order chi connectivity index (χ1) is 11.1. The number of carbonyl (C=O) groups is 2. The van der Waals surface area contributed by atoms with Gasteiger partial charge in [0.05, 0.1) is 12.1 Å². The molecule has 1 aliphatic rings. The van der Waals surface area contributed by atoms with Crippen LogP contribution in [0.15, 0.2) is 48.5 Å². The number of fused-ring (bicyclic) bond motifs is 1. The molecule has 0 fully saturated rings. The molecule has 23 heavy (non-hydrogen) atoms. The highest BCUT2D eigenvalue weighted by molar-refractivity contribution is 6.00. The Labute approximate surface area is 134 Å². The van der Waals surface area contributed by atoms with Gasteiger partial charge in [-0.1, -0.05) is 36.4 Å². The maximum atomic E-state index is 12.1. The molecule has 0 aliphatic carbocycles. The lowest BCUT2D eigenvalue weighted by atomic mass is 10.1. The van der Waals surface area contributed by atoms with Crippen LogP contribution in [-0.2, 0) is 16.1 Å². The summed E-state index contributed by atoms with van der Waals surface area (Å²) in [5.41, 5.74) is 2.69. The average Bonchev–Trinajstić information content (AvgIpc) is 2.55. The molecule has 2 aromatic carbocycles. The van der Waals surface area contributed by atoms with Crippen LogP contribution in [0.25, 0.3) is 0 Å². The number of anilines is 1. The van der Waals surface area contributed by atoms with Gasteiger partial charge in [-0.25, -0.2) is 0 Å². The number of benzene rings is 2. The van der Waals surface area contributed by atoms with Gasteiger partial charge in [0.1, 0.15) is 5.75 Å². The quantitative estimate of drug-likeness (QED) is 0.911. The second kappa shape index (κ2) is 6.52. The van der Waals surface area contributed by atoms with Gasteiger partial charge in [0.15, 0.2) is 6.10 Å². The van der Waals surface area contributed by atoms with E-state index in [9.17, 15) is 9.59 Å². The molecule has 5 nitrogen and oxygen atoms in total. The number of nitrogens with one attached hydrogen (secondary N) is 2. The third-order valence-electron chi connectivity index (χ3n) is 3.66. The monoisotopic (exact) mass is 310 g/mol. The highest BCUT2D eigenvalue weighted by Crippen LogP contribution is 2.30. The van der Waals surface area contributed by atoms with Crippen LogP contribution in [0.2, 0.25) is 0 Å². The van der Waals surface area contributed by atoms with Crippen molar-refractivity contribution in [3.8, 4) is 5.75 Å². The van der Waals surface area contributed by atoms with E-state index in [1.54, 1.807) is 6.07 Å². The minimum absolute atomic E-state index is 0.00795. The Balaban J connectivity index is 1.58. The van der Waals surface area contributed by atoms with E-state index in [0.29, 0.717) is 18.0 Å². The van der Waals surface area contributed by atoms with Gasteiger partial charge in [-0.15, -0.1) is 0 Å². The molecule has 0 spiro atoms. The van der Waals surface area contributed by atoms with Gasteiger partial charge < -0.3 is 15.4 Å². The second-order valence-electron chi connectivity index (χ2n) is 5.56. The van der Waals surface area contributed by atoms with E-state index in [4.69, 9.17) is 4.74 Å². The molecule has 1 aliphatic heterocycles. The van der Waals surface area contributed by atoms with Gasteiger partial charge in [-0.2, -0.15) is 0 Å². The Kier molecular flexibility index (Phi) is 4.28. The zero-order chi connectivity index (χ0) is 16.2. The lowest BCUT2D eigenvalue weighted by Crippen LogP contribution is -2.40. The smallest absolute Gasteiger partial charge is 0.266 e. The van der Waals surface area contributed by atoms with Gasteiger partial charge >= 0.3 is 0 Å².